The predicted molar refractivity (Wildman–Crippen MR) is 104 cm³/mol. The van der Waals surface area contributed by atoms with Crippen molar-refractivity contribution in [3.05, 3.63) is 30.0 Å². The van der Waals surface area contributed by atoms with Gasteiger partial charge in [-0.3, -0.25) is 9.58 Å². The van der Waals surface area contributed by atoms with Crippen molar-refractivity contribution in [1.82, 2.24) is 24.9 Å². The number of nitrogens with zero attached hydrogens (tertiary/aromatic N) is 5. The predicted octanol–water partition coefficient (Wildman–Crippen LogP) is 1.79. The molecule has 2 aromatic heterocycles. The van der Waals surface area contributed by atoms with Gasteiger partial charge in [0, 0.05) is 38.8 Å². The number of benzene rings is 1. The molecule has 0 saturated carbocycles. The molecule has 8 nitrogen and oxygen atoms in total. The van der Waals surface area contributed by atoms with Gasteiger partial charge in [-0.05, 0) is 24.6 Å². The van der Waals surface area contributed by atoms with E-state index in [1.807, 2.05) is 26.1 Å². The fraction of sp³-hybridized carbons (Fsp3) is 0.421. The second-order valence-corrected chi connectivity index (χ2v) is 6.83. The Morgan fingerprint density at radius 2 is 2.04 bits per heavy atom. The number of hydrogen-bond donors (Lipinski definition) is 2. The summed E-state index contributed by atoms with van der Waals surface area (Å²) in [5.41, 5.74) is 3.16. The molecule has 0 aliphatic carbocycles. The lowest BCUT2D eigenvalue weighted by Crippen LogP contribution is -2.39. The van der Waals surface area contributed by atoms with Crippen LogP contribution in [0.4, 0.5) is 5.82 Å². The Labute approximate surface area is 157 Å². The number of ether oxygens (including phenoxy) is 1. The molecule has 142 valence electrons. The topological polar surface area (TPSA) is 88.3 Å². The second-order valence-electron chi connectivity index (χ2n) is 6.83. The van der Waals surface area contributed by atoms with Crippen molar-refractivity contribution in [3.8, 4) is 17.0 Å². The number of morpholine rings is 1. The number of rotatable bonds is 5. The van der Waals surface area contributed by atoms with E-state index in [0.717, 1.165) is 55.9 Å². The van der Waals surface area contributed by atoms with Gasteiger partial charge in [-0.25, -0.2) is 0 Å². The van der Waals surface area contributed by atoms with Gasteiger partial charge >= 0.3 is 0 Å². The van der Waals surface area contributed by atoms with E-state index in [9.17, 15) is 5.11 Å². The van der Waals surface area contributed by atoms with E-state index in [1.54, 1.807) is 16.9 Å². The van der Waals surface area contributed by atoms with E-state index in [4.69, 9.17) is 4.74 Å². The number of phenols is 1. The number of aryl methyl sites for hydroxylation is 2. The highest BCUT2D eigenvalue weighted by Crippen LogP contribution is 2.34. The zero-order valence-corrected chi connectivity index (χ0v) is 15.6. The van der Waals surface area contributed by atoms with Crippen LogP contribution in [0.5, 0.6) is 5.75 Å². The molecular weight excluding hydrogens is 344 g/mol. The molecule has 0 bridgehead atoms. The van der Waals surface area contributed by atoms with Crippen LogP contribution in [0.25, 0.3) is 22.2 Å². The number of aromatic nitrogens is 4. The van der Waals surface area contributed by atoms with Gasteiger partial charge < -0.3 is 15.2 Å². The summed E-state index contributed by atoms with van der Waals surface area (Å²) in [6, 6.07) is 5.55. The van der Waals surface area contributed by atoms with E-state index in [2.05, 4.69) is 25.5 Å². The molecule has 0 unspecified atom stereocenters. The summed E-state index contributed by atoms with van der Waals surface area (Å²) in [5.74, 6) is 0.899. The number of fused-ring (bicyclic) bond motifs is 1. The molecule has 0 radical (unpaired) electrons. The summed E-state index contributed by atoms with van der Waals surface area (Å²) in [5, 5.41) is 27.7. The summed E-state index contributed by atoms with van der Waals surface area (Å²) < 4.78 is 7.17. The molecule has 2 N–H and O–H groups in total. The highest BCUT2D eigenvalue weighted by atomic mass is 16.5. The van der Waals surface area contributed by atoms with Crippen LogP contribution in [0.15, 0.2) is 24.4 Å². The zero-order chi connectivity index (χ0) is 18.8. The molecule has 0 spiro atoms. The Kier molecular flexibility index (Phi) is 4.91. The molecule has 0 amide bonds. The molecule has 1 aliphatic heterocycles. The first-order valence-electron chi connectivity index (χ1n) is 9.16. The Morgan fingerprint density at radius 3 is 2.81 bits per heavy atom. The minimum Gasteiger partial charge on any atom is -0.507 e. The normalized spacial score (nSPS) is 15.3. The van der Waals surface area contributed by atoms with Gasteiger partial charge in [-0.2, -0.15) is 5.10 Å². The average Bonchev–Trinajstić information content (AvgIpc) is 3.06. The van der Waals surface area contributed by atoms with Crippen molar-refractivity contribution < 1.29 is 9.84 Å². The van der Waals surface area contributed by atoms with Gasteiger partial charge in [0.1, 0.15) is 17.0 Å². The third kappa shape index (κ3) is 3.58. The zero-order valence-electron chi connectivity index (χ0n) is 15.6. The molecule has 27 heavy (non-hydrogen) atoms. The van der Waals surface area contributed by atoms with Gasteiger partial charge in [0.2, 0.25) is 0 Å². The maximum Gasteiger partial charge on any atom is 0.175 e. The average molecular weight is 368 g/mol. The first-order valence-corrected chi connectivity index (χ1v) is 9.16. The lowest BCUT2D eigenvalue weighted by molar-refractivity contribution is 0.0398. The minimum atomic E-state index is 0.197. The largest absolute Gasteiger partial charge is 0.507 e. The summed E-state index contributed by atoms with van der Waals surface area (Å²) >= 11 is 0. The SMILES string of the molecule is Cc1ccc(-c2nnc(NCCN3CCOCC3)c3c2cnn3C)c(O)c1. The lowest BCUT2D eigenvalue weighted by Gasteiger charge is -2.26. The van der Waals surface area contributed by atoms with Crippen LogP contribution in [0.1, 0.15) is 5.56 Å². The van der Waals surface area contributed by atoms with Crippen molar-refractivity contribution in [2.45, 2.75) is 6.92 Å². The van der Waals surface area contributed by atoms with E-state index < -0.39 is 0 Å². The molecule has 1 aliphatic rings. The van der Waals surface area contributed by atoms with Crippen LogP contribution in [0.2, 0.25) is 0 Å². The fourth-order valence-corrected chi connectivity index (χ4v) is 3.41. The Morgan fingerprint density at radius 1 is 1.22 bits per heavy atom. The number of nitrogens with one attached hydrogen (secondary N) is 1. The molecule has 0 atom stereocenters. The van der Waals surface area contributed by atoms with Crippen LogP contribution in [-0.4, -0.2) is 69.4 Å². The van der Waals surface area contributed by atoms with Gasteiger partial charge in [0.15, 0.2) is 5.82 Å². The second kappa shape index (κ2) is 7.50. The Bertz CT molecular complexity index is 949. The molecule has 1 saturated heterocycles. The van der Waals surface area contributed by atoms with Crippen LogP contribution in [0, 0.1) is 6.92 Å². The van der Waals surface area contributed by atoms with Gasteiger partial charge in [0.05, 0.1) is 24.8 Å². The molecule has 3 heterocycles. The maximum atomic E-state index is 10.3. The number of hydrogen-bond acceptors (Lipinski definition) is 7. The highest BCUT2D eigenvalue weighted by molar-refractivity contribution is 5.98. The molecule has 1 fully saturated rings. The van der Waals surface area contributed by atoms with Crippen molar-refractivity contribution in [2.75, 3.05) is 44.7 Å². The quantitative estimate of drug-likeness (QED) is 0.710. The van der Waals surface area contributed by atoms with Crippen molar-refractivity contribution in [1.29, 1.82) is 0 Å². The standard InChI is InChI=1S/C19H24N6O2/c1-13-3-4-14(16(26)11-13)17-15-12-21-24(2)18(15)19(23-22-17)20-5-6-25-7-9-27-10-8-25/h3-4,11-12,26H,5-10H2,1-2H3,(H,20,23). The molecule has 1 aromatic carbocycles. The number of phenolic OH excluding ortho intramolecular Hbond substituents is 1. The van der Waals surface area contributed by atoms with Crippen molar-refractivity contribution in [2.24, 2.45) is 7.05 Å². The lowest BCUT2D eigenvalue weighted by atomic mass is 10.1. The Hall–Kier alpha value is -2.71. The summed E-state index contributed by atoms with van der Waals surface area (Å²) in [6.07, 6.45) is 1.77. The number of anilines is 1. The van der Waals surface area contributed by atoms with E-state index in [-0.39, 0.29) is 5.75 Å². The third-order valence-electron chi connectivity index (χ3n) is 4.90. The molecular formula is C19H24N6O2. The Balaban J connectivity index is 1.60. The summed E-state index contributed by atoms with van der Waals surface area (Å²) in [4.78, 5) is 2.36. The van der Waals surface area contributed by atoms with E-state index in [0.29, 0.717) is 17.1 Å². The van der Waals surface area contributed by atoms with Gasteiger partial charge in [-0.1, -0.05) is 6.07 Å². The van der Waals surface area contributed by atoms with Crippen LogP contribution in [0.3, 0.4) is 0 Å². The fourth-order valence-electron chi connectivity index (χ4n) is 3.41. The number of aromatic hydroxyl groups is 1. The van der Waals surface area contributed by atoms with Crippen LogP contribution in [-0.2, 0) is 11.8 Å². The summed E-state index contributed by atoms with van der Waals surface area (Å²) in [6.45, 7) is 7.13. The van der Waals surface area contributed by atoms with Crippen LogP contribution >= 0.6 is 0 Å². The monoisotopic (exact) mass is 368 g/mol. The van der Waals surface area contributed by atoms with E-state index >= 15 is 0 Å². The van der Waals surface area contributed by atoms with Crippen molar-refractivity contribution in [3.63, 3.8) is 0 Å². The van der Waals surface area contributed by atoms with E-state index in [1.165, 1.54) is 0 Å². The highest BCUT2D eigenvalue weighted by Gasteiger charge is 2.17. The smallest absolute Gasteiger partial charge is 0.175 e. The van der Waals surface area contributed by atoms with Crippen molar-refractivity contribution >= 4 is 16.7 Å². The first kappa shape index (κ1) is 17.7. The minimum absolute atomic E-state index is 0.197. The van der Waals surface area contributed by atoms with Crippen LogP contribution < -0.4 is 5.32 Å². The maximum absolute atomic E-state index is 10.3. The van der Waals surface area contributed by atoms with Gasteiger partial charge in [0.25, 0.3) is 0 Å². The molecule has 8 heteroatoms. The van der Waals surface area contributed by atoms with Gasteiger partial charge in [-0.15, -0.1) is 10.2 Å². The molecule has 3 aromatic rings. The third-order valence-corrected chi connectivity index (χ3v) is 4.90. The first-order chi connectivity index (χ1) is 13.1. The summed E-state index contributed by atoms with van der Waals surface area (Å²) in [7, 11) is 1.88. The molecule has 4 rings (SSSR count).